The van der Waals surface area contributed by atoms with Gasteiger partial charge in [-0.3, -0.25) is 4.79 Å². The molecule has 7 nitrogen and oxygen atoms in total. The molecule has 2 aliphatic rings. The van der Waals surface area contributed by atoms with E-state index in [1.807, 2.05) is 38.1 Å². The minimum atomic E-state index is -0.610. The zero-order valence-corrected chi connectivity index (χ0v) is 20.5. The van der Waals surface area contributed by atoms with E-state index in [-0.39, 0.29) is 17.5 Å². The van der Waals surface area contributed by atoms with Crippen molar-refractivity contribution in [3.05, 3.63) is 76.1 Å². The highest BCUT2D eigenvalue weighted by Crippen LogP contribution is 2.46. The second-order valence-electron chi connectivity index (χ2n) is 8.86. The number of ether oxygens (including phenoxy) is 3. The van der Waals surface area contributed by atoms with Gasteiger partial charge in [-0.25, -0.2) is 4.79 Å². The molecular weight excluding hydrogens is 446 g/mol. The van der Waals surface area contributed by atoms with Crippen LogP contribution < -0.4 is 14.8 Å². The predicted octanol–water partition coefficient (Wildman–Crippen LogP) is 4.72. The summed E-state index contributed by atoms with van der Waals surface area (Å²) in [4.78, 5) is 26.7. The minimum Gasteiger partial charge on any atom is -0.508 e. The molecule has 1 heterocycles. The van der Waals surface area contributed by atoms with E-state index >= 15 is 0 Å². The molecule has 0 radical (unpaired) electrons. The molecule has 2 N–H and O–H groups in total. The van der Waals surface area contributed by atoms with Crippen molar-refractivity contribution in [2.45, 2.75) is 44.9 Å². The molecule has 4 rings (SSSR count). The van der Waals surface area contributed by atoms with Crippen molar-refractivity contribution in [3.8, 4) is 17.2 Å². The maximum absolute atomic E-state index is 13.7. The van der Waals surface area contributed by atoms with Crippen molar-refractivity contribution < 1.29 is 28.9 Å². The van der Waals surface area contributed by atoms with Crippen LogP contribution in [0.15, 0.2) is 65.0 Å². The highest BCUT2D eigenvalue weighted by atomic mass is 16.5. The third-order valence-corrected chi connectivity index (χ3v) is 6.57. The molecule has 2 aromatic carbocycles. The Morgan fingerprint density at radius 3 is 2.51 bits per heavy atom. The van der Waals surface area contributed by atoms with Crippen LogP contribution in [0.4, 0.5) is 0 Å². The number of hydrogen-bond acceptors (Lipinski definition) is 7. The number of methoxy groups -OCH3 is 2. The molecule has 0 amide bonds. The van der Waals surface area contributed by atoms with Crippen LogP contribution in [-0.2, 0) is 14.3 Å². The van der Waals surface area contributed by atoms with Crippen LogP contribution >= 0.6 is 0 Å². The Hall–Kier alpha value is -3.74. The van der Waals surface area contributed by atoms with Crippen LogP contribution in [0.3, 0.4) is 0 Å². The smallest absolute Gasteiger partial charge is 0.336 e. The third-order valence-electron chi connectivity index (χ3n) is 6.57. The van der Waals surface area contributed by atoms with Gasteiger partial charge in [-0.05, 0) is 61.1 Å². The number of carbonyl (C=O) groups is 2. The van der Waals surface area contributed by atoms with Crippen LogP contribution in [-0.4, -0.2) is 37.7 Å². The number of benzene rings is 2. The Kier molecular flexibility index (Phi) is 7.15. The molecule has 0 bridgehead atoms. The number of allylic oxidation sites excluding steroid dienone is 3. The van der Waals surface area contributed by atoms with E-state index in [9.17, 15) is 14.7 Å². The van der Waals surface area contributed by atoms with E-state index in [1.54, 1.807) is 32.4 Å². The molecular formula is C28H31NO6. The summed E-state index contributed by atoms with van der Waals surface area (Å²) in [5, 5.41) is 13.5. The number of aromatic hydroxyl groups is 1. The van der Waals surface area contributed by atoms with Crippen LogP contribution in [0.25, 0.3) is 0 Å². The van der Waals surface area contributed by atoms with Crippen molar-refractivity contribution in [1.82, 2.24) is 5.32 Å². The summed E-state index contributed by atoms with van der Waals surface area (Å²) in [6.07, 6.45) is 1.59. The Bertz CT molecular complexity index is 1210. The second-order valence-corrected chi connectivity index (χ2v) is 8.86. The average molecular weight is 478 g/mol. The van der Waals surface area contributed by atoms with Gasteiger partial charge in [0.05, 0.1) is 26.4 Å². The monoisotopic (exact) mass is 477 g/mol. The number of dihydropyridines is 1. The first-order valence-electron chi connectivity index (χ1n) is 11.8. The number of hydrogen-bond donors (Lipinski definition) is 2. The highest BCUT2D eigenvalue weighted by Gasteiger charge is 2.41. The molecule has 35 heavy (non-hydrogen) atoms. The first-order chi connectivity index (χ1) is 16.9. The molecule has 2 aromatic rings. The number of carbonyl (C=O) groups excluding carboxylic acids is 2. The zero-order chi connectivity index (χ0) is 25.1. The maximum atomic E-state index is 13.7. The zero-order valence-electron chi connectivity index (χ0n) is 20.5. The summed E-state index contributed by atoms with van der Waals surface area (Å²) in [6, 6.07) is 12.4. The van der Waals surface area contributed by atoms with Gasteiger partial charge < -0.3 is 24.6 Å². The standard InChI is InChI=1S/C28H31NO6/c1-5-11-35-28(32)25-16(2)29-21-13-19(17-9-10-23(33-3)24(15-17)34-4)14-22(31)27(21)26(25)18-7-6-8-20(30)12-18/h6-10,12,15,19,26,29-30H,5,11,13-14H2,1-4H3. The van der Waals surface area contributed by atoms with Crippen molar-refractivity contribution in [2.75, 3.05) is 20.8 Å². The normalized spacial score (nSPS) is 19.7. The summed E-state index contributed by atoms with van der Waals surface area (Å²) in [5.74, 6) is 0.164. The largest absolute Gasteiger partial charge is 0.508 e. The average Bonchev–Trinajstić information content (AvgIpc) is 2.85. The SMILES string of the molecule is CCCOC(=O)C1=C(C)NC2=C(C(=O)CC(c3ccc(OC)c(OC)c3)C2)C1c1cccc(O)c1. The van der Waals surface area contributed by atoms with Gasteiger partial charge in [0.1, 0.15) is 5.75 Å². The fraction of sp³-hybridized carbons (Fsp3) is 0.357. The van der Waals surface area contributed by atoms with Gasteiger partial charge in [-0.2, -0.15) is 0 Å². The molecule has 2 unspecified atom stereocenters. The van der Waals surface area contributed by atoms with E-state index in [1.165, 1.54) is 0 Å². The van der Waals surface area contributed by atoms with Gasteiger partial charge in [-0.1, -0.05) is 25.1 Å². The lowest BCUT2D eigenvalue weighted by molar-refractivity contribution is -0.139. The lowest BCUT2D eigenvalue weighted by Crippen LogP contribution is -2.36. The van der Waals surface area contributed by atoms with Crippen LogP contribution in [0.5, 0.6) is 17.2 Å². The van der Waals surface area contributed by atoms with Crippen LogP contribution in [0.2, 0.25) is 0 Å². The van der Waals surface area contributed by atoms with E-state index in [0.29, 0.717) is 59.8 Å². The number of rotatable bonds is 7. The lowest BCUT2D eigenvalue weighted by Gasteiger charge is -2.36. The Balaban J connectivity index is 1.76. The number of esters is 1. The van der Waals surface area contributed by atoms with Gasteiger partial charge in [0, 0.05) is 29.3 Å². The Labute approximate surface area is 205 Å². The number of phenols is 1. The fourth-order valence-corrected chi connectivity index (χ4v) is 4.96. The topological polar surface area (TPSA) is 94.1 Å². The molecule has 7 heteroatoms. The Morgan fingerprint density at radius 2 is 1.83 bits per heavy atom. The summed E-state index contributed by atoms with van der Waals surface area (Å²) < 4.78 is 16.3. The number of phenolic OH excluding ortho intramolecular Hbond substituents is 1. The number of nitrogens with one attached hydrogen (secondary N) is 1. The van der Waals surface area contributed by atoms with Gasteiger partial charge in [0.2, 0.25) is 0 Å². The molecule has 0 saturated heterocycles. The lowest BCUT2D eigenvalue weighted by atomic mass is 9.71. The fourth-order valence-electron chi connectivity index (χ4n) is 4.96. The Morgan fingerprint density at radius 1 is 1.06 bits per heavy atom. The molecule has 184 valence electrons. The minimum absolute atomic E-state index is 0.0415. The molecule has 0 aromatic heterocycles. The first kappa shape index (κ1) is 24.4. The van der Waals surface area contributed by atoms with Gasteiger partial charge in [0.15, 0.2) is 17.3 Å². The van der Waals surface area contributed by atoms with Gasteiger partial charge in [0.25, 0.3) is 0 Å². The van der Waals surface area contributed by atoms with Crippen LogP contribution in [0.1, 0.15) is 56.1 Å². The van der Waals surface area contributed by atoms with E-state index in [2.05, 4.69) is 5.32 Å². The van der Waals surface area contributed by atoms with Crippen LogP contribution in [0, 0.1) is 0 Å². The molecule has 0 spiro atoms. The van der Waals surface area contributed by atoms with E-state index in [0.717, 1.165) is 11.3 Å². The molecule has 0 saturated carbocycles. The van der Waals surface area contributed by atoms with Gasteiger partial charge >= 0.3 is 5.97 Å². The quantitative estimate of drug-likeness (QED) is 0.557. The highest BCUT2D eigenvalue weighted by molar-refractivity contribution is 6.04. The predicted molar refractivity (Wildman–Crippen MR) is 131 cm³/mol. The van der Waals surface area contributed by atoms with E-state index in [4.69, 9.17) is 14.2 Å². The summed E-state index contributed by atoms with van der Waals surface area (Å²) in [7, 11) is 3.18. The second kappa shape index (κ2) is 10.3. The summed E-state index contributed by atoms with van der Waals surface area (Å²) in [5.41, 5.74) is 4.06. The molecule has 0 fully saturated rings. The van der Waals surface area contributed by atoms with E-state index < -0.39 is 11.9 Å². The number of Topliss-reactive ketones (excluding diaryl/α,β-unsaturated/α-hetero) is 1. The van der Waals surface area contributed by atoms with Crippen molar-refractivity contribution in [1.29, 1.82) is 0 Å². The molecule has 1 aliphatic carbocycles. The maximum Gasteiger partial charge on any atom is 0.336 e. The summed E-state index contributed by atoms with van der Waals surface area (Å²) in [6.45, 7) is 4.05. The van der Waals surface area contributed by atoms with Crippen molar-refractivity contribution in [2.24, 2.45) is 0 Å². The first-order valence-corrected chi connectivity index (χ1v) is 11.8. The summed E-state index contributed by atoms with van der Waals surface area (Å²) >= 11 is 0. The van der Waals surface area contributed by atoms with Gasteiger partial charge in [-0.15, -0.1) is 0 Å². The van der Waals surface area contributed by atoms with Crippen molar-refractivity contribution in [3.63, 3.8) is 0 Å². The number of ketones is 1. The molecule has 2 atom stereocenters. The third kappa shape index (κ3) is 4.76. The molecule has 1 aliphatic heterocycles. The van der Waals surface area contributed by atoms with Crippen molar-refractivity contribution >= 4 is 11.8 Å².